The Hall–Kier alpha value is -1.89. The number of benzene rings is 1. The molecule has 0 saturated heterocycles. The minimum atomic E-state index is -1.04. The van der Waals surface area contributed by atoms with Crippen LogP contribution in [-0.2, 0) is 4.79 Å². The largest absolute Gasteiger partial charge is 0.480 e. The van der Waals surface area contributed by atoms with Gasteiger partial charge >= 0.3 is 12.0 Å². The molecule has 0 aliphatic carbocycles. The summed E-state index contributed by atoms with van der Waals surface area (Å²) in [6.45, 7) is 5.91. The Balaban J connectivity index is 2.49. The first-order valence-corrected chi connectivity index (χ1v) is 9.28. The number of hydrogen-bond donors (Lipinski definition) is 3. The van der Waals surface area contributed by atoms with Gasteiger partial charge < -0.3 is 20.5 Å². The number of rotatable bonds is 9. The van der Waals surface area contributed by atoms with Crippen LogP contribution in [0.4, 0.5) is 4.79 Å². The van der Waals surface area contributed by atoms with E-state index in [1.807, 2.05) is 30.5 Å². The van der Waals surface area contributed by atoms with Crippen LogP contribution in [0, 0.1) is 0 Å². The third kappa shape index (κ3) is 7.12. The summed E-state index contributed by atoms with van der Waals surface area (Å²) in [5.74, 6) is 0.696. The molecule has 2 unspecified atom stereocenters. The molecular formula is C17H26N2O4S. The first-order valence-electron chi connectivity index (χ1n) is 7.88. The Kier molecular flexibility index (Phi) is 8.46. The van der Waals surface area contributed by atoms with E-state index in [9.17, 15) is 9.59 Å². The number of amides is 2. The third-order valence-electron chi connectivity index (χ3n) is 3.41. The van der Waals surface area contributed by atoms with Gasteiger partial charge in [0.25, 0.3) is 0 Å². The molecule has 1 rings (SSSR count). The number of aliphatic carboxylic acids is 1. The standard InChI is InChI=1S/C17H26N2O4S/c1-11(2)13-5-7-14(8-6-13)23-12(3)18-17(22)19-15(16(20)21)9-10-24-4/h5-8,11-12,15H,9-10H2,1-4H3,(H,20,21)(H2,18,19,22). The van der Waals surface area contributed by atoms with E-state index in [1.54, 1.807) is 6.92 Å². The Bertz CT molecular complexity index is 534. The summed E-state index contributed by atoms with van der Waals surface area (Å²) in [4.78, 5) is 23.0. The number of carboxylic acids is 1. The first kappa shape index (κ1) is 20.2. The second kappa shape index (κ2) is 10.1. The van der Waals surface area contributed by atoms with Gasteiger partial charge in [-0.25, -0.2) is 9.59 Å². The van der Waals surface area contributed by atoms with Crippen molar-refractivity contribution < 1.29 is 19.4 Å². The Morgan fingerprint density at radius 1 is 1.17 bits per heavy atom. The van der Waals surface area contributed by atoms with Crippen LogP contribution >= 0.6 is 11.8 Å². The lowest BCUT2D eigenvalue weighted by Crippen LogP contribution is -2.49. The summed E-state index contributed by atoms with van der Waals surface area (Å²) in [7, 11) is 0. The molecule has 0 aliphatic rings. The van der Waals surface area contributed by atoms with Gasteiger partial charge in [-0.15, -0.1) is 0 Å². The van der Waals surface area contributed by atoms with E-state index in [1.165, 1.54) is 17.3 Å². The highest BCUT2D eigenvalue weighted by molar-refractivity contribution is 7.98. The van der Waals surface area contributed by atoms with Crippen LogP contribution < -0.4 is 15.4 Å². The minimum absolute atomic E-state index is 0.371. The van der Waals surface area contributed by atoms with Crippen molar-refractivity contribution in [3.63, 3.8) is 0 Å². The van der Waals surface area contributed by atoms with Crippen molar-refractivity contribution in [3.8, 4) is 5.75 Å². The fourth-order valence-corrected chi connectivity index (χ4v) is 2.51. The summed E-state index contributed by atoms with van der Waals surface area (Å²) in [5.41, 5.74) is 1.21. The van der Waals surface area contributed by atoms with Crippen LogP contribution in [0.15, 0.2) is 24.3 Å². The van der Waals surface area contributed by atoms with E-state index in [2.05, 4.69) is 24.5 Å². The Morgan fingerprint density at radius 3 is 2.29 bits per heavy atom. The zero-order valence-electron chi connectivity index (χ0n) is 14.5. The van der Waals surface area contributed by atoms with Gasteiger partial charge in [0.2, 0.25) is 0 Å². The molecule has 0 heterocycles. The third-order valence-corrected chi connectivity index (χ3v) is 4.05. The highest BCUT2D eigenvalue weighted by atomic mass is 32.2. The Morgan fingerprint density at radius 2 is 1.79 bits per heavy atom. The van der Waals surface area contributed by atoms with E-state index in [0.717, 1.165) is 0 Å². The maximum atomic E-state index is 11.9. The average molecular weight is 354 g/mol. The van der Waals surface area contributed by atoms with E-state index >= 15 is 0 Å². The van der Waals surface area contributed by atoms with Crippen molar-refractivity contribution in [1.82, 2.24) is 10.6 Å². The van der Waals surface area contributed by atoms with Gasteiger partial charge in [-0.3, -0.25) is 0 Å². The van der Waals surface area contributed by atoms with Gasteiger partial charge in [-0.05, 0) is 49.0 Å². The number of urea groups is 1. The molecule has 24 heavy (non-hydrogen) atoms. The number of thioether (sulfide) groups is 1. The molecule has 0 bridgehead atoms. The molecule has 134 valence electrons. The van der Waals surface area contributed by atoms with Gasteiger partial charge in [0, 0.05) is 0 Å². The van der Waals surface area contributed by atoms with E-state index in [-0.39, 0.29) is 0 Å². The van der Waals surface area contributed by atoms with Crippen LogP contribution in [0.25, 0.3) is 0 Å². The molecule has 0 saturated carbocycles. The lowest BCUT2D eigenvalue weighted by molar-refractivity contribution is -0.139. The highest BCUT2D eigenvalue weighted by Gasteiger charge is 2.20. The smallest absolute Gasteiger partial charge is 0.326 e. The van der Waals surface area contributed by atoms with Crippen molar-refractivity contribution >= 4 is 23.8 Å². The number of hydrogen-bond acceptors (Lipinski definition) is 4. The number of carbonyl (C=O) groups is 2. The lowest BCUT2D eigenvalue weighted by atomic mass is 10.0. The SMILES string of the molecule is CSCCC(NC(=O)NC(C)Oc1ccc(C(C)C)cc1)C(=O)O. The summed E-state index contributed by atoms with van der Waals surface area (Å²) in [6.07, 6.45) is 1.68. The molecule has 2 amide bonds. The molecule has 2 atom stereocenters. The van der Waals surface area contributed by atoms with Crippen LogP contribution in [0.5, 0.6) is 5.75 Å². The summed E-state index contributed by atoms with van der Waals surface area (Å²) < 4.78 is 5.62. The molecule has 0 aromatic heterocycles. The second-order valence-electron chi connectivity index (χ2n) is 5.77. The zero-order chi connectivity index (χ0) is 18.1. The fourth-order valence-electron chi connectivity index (χ4n) is 2.04. The topological polar surface area (TPSA) is 87.7 Å². The van der Waals surface area contributed by atoms with E-state index in [4.69, 9.17) is 9.84 Å². The van der Waals surface area contributed by atoms with Crippen molar-refractivity contribution in [1.29, 1.82) is 0 Å². The van der Waals surface area contributed by atoms with Crippen molar-refractivity contribution in [2.45, 2.75) is 45.4 Å². The van der Waals surface area contributed by atoms with Crippen LogP contribution in [0.1, 0.15) is 38.7 Å². The number of carboxylic acid groups (broad SMARTS) is 1. The highest BCUT2D eigenvalue weighted by Crippen LogP contribution is 2.19. The van der Waals surface area contributed by atoms with Crippen molar-refractivity contribution in [2.75, 3.05) is 12.0 Å². The number of nitrogens with one attached hydrogen (secondary N) is 2. The molecule has 3 N–H and O–H groups in total. The summed E-state index contributed by atoms with van der Waals surface area (Å²) in [6, 6.07) is 6.20. The van der Waals surface area contributed by atoms with Gasteiger partial charge in [0.15, 0.2) is 6.23 Å². The predicted octanol–water partition coefficient (Wildman–Crippen LogP) is 3.04. The monoisotopic (exact) mass is 354 g/mol. The number of ether oxygens (including phenoxy) is 1. The van der Waals surface area contributed by atoms with Crippen LogP contribution in [-0.4, -0.2) is 41.4 Å². The van der Waals surface area contributed by atoms with E-state index in [0.29, 0.717) is 23.8 Å². The molecular weight excluding hydrogens is 328 g/mol. The van der Waals surface area contributed by atoms with Crippen molar-refractivity contribution in [2.24, 2.45) is 0 Å². The van der Waals surface area contributed by atoms with Gasteiger partial charge in [0.05, 0.1) is 0 Å². The van der Waals surface area contributed by atoms with Gasteiger partial charge in [0.1, 0.15) is 11.8 Å². The van der Waals surface area contributed by atoms with Gasteiger partial charge in [-0.1, -0.05) is 26.0 Å². The second-order valence-corrected chi connectivity index (χ2v) is 6.76. The maximum Gasteiger partial charge on any atom is 0.326 e. The molecule has 6 nitrogen and oxygen atoms in total. The molecule has 0 radical (unpaired) electrons. The summed E-state index contributed by atoms with van der Waals surface area (Å²) in [5, 5.41) is 14.1. The molecule has 7 heteroatoms. The van der Waals surface area contributed by atoms with Gasteiger partial charge in [-0.2, -0.15) is 11.8 Å². The number of carbonyl (C=O) groups excluding carboxylic acids is 1. The first-order chi connectivity index (χ1) is 11.3. The Labute approximate surface area is 147 Å². The molecule has 0 spiro atoms. The molecule has 0 fully saturated rings. The van der Waals surface area contributed by atoms with E-state index < -0.39 is 24.3 Å². The minimum Gasteiger partial charge on any atom is -0.480 e. The van der Waals surface area contributed by atoms with Crippen LogP contribution in [0.2, 0.25) is 0 Å². The molecule has 0 aliphatic heterocycles. The zero-order valence-corrected chi connectivity index (χ0v) is 15.4. The van der Waals surface area contributed by atoms with Crippen LogP contribution in [0.3, 0.4) is 0 Å². The maximum absolute atomic E-state index is 11.9. The molecule has 1 aromatic carbocycles. The predicted molar refractivity (Wildman–Crippen MR) is 96.7 cm³/mol. The fraction of sp³-hybridized carbons (Fsp3) is 0.529. The average Bonchev–Trinajstić information content (AvgIpc) is 2.51. The quantitative estimate of drug-likeness (QED) is 0.593. The van der Waals surface area contributed by atoms with Crippen molar-refractivity contribution in [3.05, 3.63) is 29.8 Å². The lowest BCUT2D eigenvalue weighted by Gasteiger charge is -2.19. The normalized spacial score (nSPS) is 13.2. The molecule has 1 aromatic rings. The summed E-state index contributed by atoms with van der Waals surface area (Å²) >= 11 is 1.53.